The summed E-state index contributed by atoms with van der Waals surface area (Å²) < 4.78 is 0. The summed E-state index contributed by atoms with van der Waals surface area (Å²) in [5.41, 5.74) is 0.965. The van der Waals surface area contributed by atoms with Crippen LogP contribution in [0.4, 0.5) is 5.82 Å². The highest BCUT2D eigenvalue weighted by molar-refractivity contribution is 5.88. The van der Waals surface area contributed by atoms with E-state index >= 15 is 0 Å². The first kappa shape index (κ1) is 11.9. The molecular formula is C12H16N2O3. The van der Waals surface area contributed by atoms with Crippen molar-refractivity contribution in [3.8, 4) is 0 Å². The van der Waals surface area contributed by atoms with E-state index in [1.807, 2.05) is 4.90 Å². The van der Waals surface area contributed by atoms with E-state index in [0.717, 1.165) is 19.5 Å². The Bertz CT molecular complexity index is 434. The van der Waals surface area contributed by atoms with Crippen LogP contribution in [-0.4, -0.2) is 40.9 Å². The van der Waals surface area contributed by atoms with Crippen LogP contribution in [0.15, 0.2) is 12.1 Å². The van der Waals surface area contributed by atoms with Crippen molar-refractivity contribution in [2.24, 2.45) is 5.92 Å². The molecule has 5 heteroatoms. The maximum atomic E-state index is 11.0. The Hall–Kier alpha value is -1.62. The summed E-state index contributed by atoms with van der Waals surface area (Å²) in [6.07, 6.45) is 0.925. The lowest BCUT2D eigenvalue weighted by Crippen LogP contribution is -2.22. The van der Waals surface area contributed by atoms with Crippen molar-refractivity contribution >= 4 is 11.8 Å². The van der Waals surface area contributed by atoms with Gasteiger partial charge in [-0.25, -0.2) is 9.78 Å². The fourth-order valence-corrected chi connectivity index (χ4v) is 2.13. The molecule has 0 saturated carbocycles. The van der Waals surface area contributed by atoms with Crippen LogP contribution in [0.25, 0.3) is 0 Å². The molecule has 1 aliphatic heterocycles. The van der Waals surface area contributed by atoms with Gasteiger partial charge in [-0.3, -0.25) is 0 Å². The summed E-state index contributed by atoms with van der Waals surface area (Å²) in [4.78, 5) is 17.3. The van der Waals surface area contributed by atoms with Gasteiger partial charge in [0, 0.05) is 31.3 Å². The number of carboxylic acids is 1. The number of carboxylic acid groups (broad SMARTS) is 1. The molecule has 0 radical (unpaired) electrons. The minimum atomic E-state index is -0.936. The number of aliphatic hydroxyl groups is 1. The van der Waals surface area contributed by atoms with Crippen LogP contribution in [0.3, 0.4) is 0 Å². The van der Waals surface area contributed by atoms with Gasteiger partial charge >= 0.3 is 5.97 Å². The number of aliphatic hydroxyl groups excluding tert-OH is 1. The second-order valence-corrected chi connectivity index (χ2v) is 4.44. The quantitative estimate of drug-likeness (QED) is 0.816. The second-order valence-electron chi connectivity index (χ2n) is 4.44. The average molecular weight is 236 g/mol. The van der Waals surface area contributed by atoms with Gasteiger partial charge in [0.05, 0.1) is 5.56 Å². The maximum absolute atomic E-state index is 11.0. The lowest BCUT2D eigenvalue weighted by atomic mass is 10.1. The molecular weight excluding hydrogens is 220 g/mol. The first-order chi connectivity index (χ1) is 8.10. The summed E-state index contributed by atoms with van der Waals surface area (Å²) >= 11 is 0. The SMILES string of the molecule is Cc1cc(C(=O)O)cc(N2CCC(CO)C2)n1. The summed E-state index contributed by atoms with van der Waals surface area (Å²) in [5.74, 6) is 0.0265. The number of aromatic carboxylic acids is 1. The molecule has 0 amide bonds. The van der Waals surface area contributed by atoms with Crippen molar-refractivity contribution in [2.75, 3.05) is 24.6 Å². The summed E-state index contributed by atoms with van der Waals surface area (Å²) in [7, 11) is 0. The van der Waals surface area contributed by atoms with E-state index in [-0.39, 0.29) is 18.1 Å². The van der Waals surface area contributed by atoms with Crippen molar-refractivity contribution in [1.82, 2.24) is 4.98 Å². The van der Waals surface area contributed by atoms with E-state index in [9.17, 15) is 4.79 Å². The number of nitrogens with zero attached hydrogens (tertiary/aromatic N) is 2. The van der Waals surface area contributed by atoms with Crippen LogP contribution < -0.4 is 4.90 Å². The number of aromatic nitrogens is 1. The number of pyridine rings is 1. The molecule has 5 nitrogen and oxygen atoms in total. The summed E-state index contributed by atoms with van der Waals surface area (Å²) in [6.45, 7) is 3.52. The first-order valence-electron chi connectivity index (χ1n) is 5.68. The molecule has 1 saturated heterocycles. The third-order valence-corrected chi connectivity index (χ3v) is 3.05. The van der Waals surface area contributed by atoms with Crippen molar-refractivity contribution < 1.29 is 15.0 Å². The molecule has 2 heterocycles. The van der Waals surface area contributed by atoms with Crippen LogP contribution in [0.1, 0.15) is 22.5 Å². The number of carbonyl (C=O) groups is 1. The van der Waals surface area contributed by atoms with Crippen molar-refractivity contribution in [3.05, 3.63) is 23.4 Å². The fraction of sp³-hybridized carbons (Fsp3) is 0.500. The zero-order valence-corrected chi connectivity index (χ0v) is 9.76. The van der Waals surface area contributed by atoms with E-state index in [1.165, 1.54) is 0 Å². The fourth-order valence-electron chi connectivity index (χ4n) is 2.13. The number of anilines is 1. The zero-order valence-electron chi connectivity index (χ0n) is 9.76. The molecule has 1 aromatic heterocycles. The van der Waals surface area contributed by atoms with Gasteiger partial charge in [0.25, 0.3) is 0 Å². The minimum Gasteiger partial charge on any atom is -0.478 e. The van der Waals surface area contributed by atoms with Gasteiger partial charge in [0.2, 0.25) is 0 Å². The smallest absolute Gasteiger partial charge is 0.335 e. The van der Waals surface area contributed by atoms with Gasteiger partial charge in [-0.15, -0.1) is 0 Å². The molecule has 1 fully saturated rings. The Morgan fingerprint density at radius 2 is 2.35 bits per heavy atom. The van der Waals surface area contributed by atoms with E-state index in [1.54, 1.807) is 19.1 Å². The predicted octanol–water partition coefficient (Wildman–Crippen LogP) is 0.907. The standard InChI is InChI=1S/C12H16N2O3/c1-8-4-10(12(16)17)5-11(13-8)14-3-2-9(6-14)7-15/h4-5,9,15H,2-3,6-7H2,1H3,(H,16,17). The van der Waals surface area contributed by atoms with Crippen LogP contribution in [0.5, 0.6) is 0 Å². The third kappa shape index (κ3) is 2.55. The Morgan fingerprint density at radius 1 is 1.59 bits per heavy atom. The minimum absolute atomic E-state index is 0.175. The second kappa shape index (κ2) is 4.71. The number of rotatable bonds is 3. The average Bonchev–Trinajstić information content (AvgIpc) is 2.76. The molecule has 1 atom stereocenters. The van der Waals surface area contributed by atoms with E-state index in [0.29, 0.717) is 11.5 Å². The third-order valence-electron chi connectivity index (χ3n) is 3.05. The Morgan fingerprint density at radius 3 is 2.94 bits per heavy atom. The molecule has 92 valence electrons. The molecule has 2 rings (SSSR count). The lowest BCUT2D eigenvalue weighted by molar-refractivity contribution is 0.0696. The Balaban J connectivity index is 2.24. The van der Waals surface area contributed by atoms with Crippen LogP contribution in [-0.2, 0) is 0 Å². The normalized spacial score (nSPS) is 19.6. The molecule has 0 spiro atoms. The van der Waals surface area contributed by atoms with E-state index in [4.69, 9.17) is 10.2 Å². The molecule has 0 aromatic carbocycles. The van der Waals surface area contributed by atoms with Crippen molar-refractivity contribution in [3.63, 3.8) is 0 Å². The van der Waals surface area contributed by atoms with Crippen LogP contribution in [0.2, 0.25) is 0 Å². The highest BCUT2D eigenvalue weighted by Crippen LogP contribution is 2.23. The van der Waals surface area contributed by atoms with Crippen LogP contribution in [0, 0.1) is 12.8 Å². The van der Waals surface area contributed by atoms with E-state index < -0.39 is 5.97 Å². The summed E-state index contributed by atoms with van der Waals surface area (Å²) in [5, 5.41) is 18.1. The van der Waals surface area contributed by atoms with Gasteiger partial charge in [0.1, 0.15) is 5.82 Å². The predicted molar refractivity (Wildman–Crippen MR) is 63.3 cm³/mol. The number of hydrogen-bond acceptors (Lipinski definition) is 4. The first-order valence-corrected chi connectivity index (χ1v) is 5.68. The van der Waals surface area contributed by atoms with Gasteiger partial charge < -0.3 is 15.1 Å². The Labute approximate surface area is 99.7 Å². The number of hydrogen-bond donors (Lipinski definition) is 2. The van der Waals surface area contributed by atoms with Gasteiger partial charge in [-0.2, -0.15) is 0 Å². The molecule has 0 bridgehead atoms. The zero-order chi connectivity index (χ0) is 12.4. The van der Waals surface area contributed by atoms with Gasteiger partial charge in [0.15, 0.2) is 0 Å². The molecule has 2 N–H and O–H groups in total. The van der Waals surface area contributed by atoms with Crippen molar-refractivity contribution in [1.29, 1.82) is 0 Å². The molecule has 0 aliphatic carbocycles. The molecule has 1 aromatic rings. The molecule has 1 aliphatic rings. The maximum Gasteiger partial charge on any atom is 0.335 e. The van der Waals surface area contributed by atoms with Gasteiger partial charge in [-0.1, -0.05) is 0 Å². The molecule has 17 heavy (non-hydrogen) atoms. The summed E-state index contributed by atoms with van der Waals surface area (Å²) in [6, 6.07) is 3.15. The van der Waals surface area contributed by atoms with Gasteiger partial charge in [-0.05, 0) is 25.5 Å². The van der Waals surface area contributed by atoms with E-state index in [2.05, 4.69) is 4.98 Å². The topological polar surface area (TPSA) is 73.7 Å². The highest BCUT2D eigenvalue weighted by Gasteiger charge is 2.23. The molecule has 1 unspecified atom stereocenters. The van der Waals surface area contributed by atoms with Crippen molar-refractivity contribution in [2.45, 2.75) is 13.3 Å². The number of aryl methyl sites for hydroxylation is 1. The lowest BCUT2D eigenvalue weighted by Gasteiger charge is -2.18. The monoisotopic (exact) mass is 236 g/mol. The largest absolute Gasteiger partial charge is 0.478 e. The highest BCUT2D eigenvalue weighted by atomic mass is 16.4. The Kier molecular flexibility index (Phi) is 3.28. The van der Waals surface area contributed by atoms with Crippen LogP contribution >= 0.6 is 0 Å².